The van der Waals surface area contributed by atoms with Gasteiger partial charge < -0.3 is 5.11 Å². The van der Waals surface area contributed by atoms with E-state index in [2.05, 4.69) is 15.5 Å². The number of rotatable bonds is 5. The first-order chi connectivity index (χ1) is 9.58. The molecule has 2 rings (SSSR count). The Morgan fingerprint density at radius 3 is 2.80 bits per heavy atom. The van der Waals surface area contributed by atoms with E-state index in [0.717, 1.165) is 17.5 Å². The number of aromatic nitrogens is 2. The number of carbonyl (C=O) groups excluding carboxylic acids is 1. The van der Waals surface area contributed by atoms with Gasteiger partial charge in [-0.1, -0.05) is 18.3 Å². The molecule has 0 aliphatic carbocycles. The number of hydrogen-bond acceptors (Lipinski definition) is 6. The lowest BCUT2D eigenvalue weighted by Crippen LogP contribution is -2.09. The molecule has 2 heterocycles. The molecule has 0 saturated carbocycles. The van der Waals surface area contributed by atoms with E-state index in [1.807, 2.05) is 6.92 Å². The van der Waals surface area contributed by atoms with Crippen LogP contribution in [0.1, 0.15) is 26.5 Å². The zero-order valence-electron chi connectivity index (χ0n) is 10.5. The predicted octanol–water partition coefficient (Wildman–Crippen LogP) is 2.51. The van der Waals surface area contributed by atoms with Crippen LogP contribution >= 0.6 is 22.7 Å². The van der Waals surface area contributed by atoms with Crippen LogP contribution in [-0.2, 0) is 11.2 Å². The summed E-state index contributed by atoms with van der Waals surface area (Å²) in [5, 5.41) is 20.3. The zero-order chi connectivity index (χ0) is 14.5. The number of nitrogens with zero attached hydrogens (tertiary/aromatic N) is 2. The molecule has 0 bridgehead atoms. The quantitative estimate of drug-likeness (QED) is 0.828. The maximum atomic E-state index is 12.0. The minimum atomic E-state index is -1.02. The maximum absolute atomic E-state index is 12.0. The third kappa shape index (κ3) is 3.72. The average molecular weight is 309 g/mol. The van der Waals surface area contributed by atoms with Gasteiger partial charge in [0.15, 0.2) is 0 Å². The van der Waals surface area contributed by atoms with E-state index >= 15 is 0 Å². The number of nitrogens with one attached hydrogen (secondary N) is 1. The minimum absolute atomic E-state index is 0.274. The molecule has 20 heavy (non-hydrogen) atoms. The van der Waals surface area contributed by atoms with Crippen molar-refractivity contribution in [2.24, 2.45) is 0 Å². The van der Waals surface area contributed by atoms with E-state index in [1.54, 1.807) is 12.1 Å². The molecule has 6 nitrogen and oxygen atoms in total. The predicted molar refractivity (Wildman–Crippen MR) is 78.2 cm³/mol. The number of hydrogen-bond donors (Lipinski definition) is 2. The van der Waals surface area contributed by atoms with Gasteiger partial charge in [-0.05, 0) is 24.6 Å². The van der Waals surface area contributed by atoms with Crippen LogP contribution in [0.15, 0.2) is 18.2 Å². The molecule has 0 atom stereocenters. The summed E-state index contributed by atoms with van der Waals surface area (Å²) in [5.74, 6) is -1.30. The van der Waals surface area contributed by atoms with Gasteiger partial charge in [-0.25, -0.2) is 4.79 Å². The fourth-order valence-electron chi connectivity index (χ4n) is 1.32. The SMILES string of the molecule is CCc1nnc(NC(=O)c2ccc(/C=C/C(=O)O)s2)s1. The molecule has 2 aromatic heterocycles. The summed E-state index contributed by atoms with van der Waals surface area (Å²) in [5.41, 5.74) is 0. The Kier molecular flexibility index (Phi) is 4.59. The standard InChI is InChI=1S/C12H11N3O3S2/c1-2-9-14-15-12(20-9)13-11(18)8-5-3-7(19-8)4-6-10(16)17/h3-6H,2H2,1H3,(H,16,17)(H,13,15,18)/b6-4+. The van der Waals surface area contributed by atoms with Crippen molar-refractivity contribution in [2.75, 3.05) is 5.32 Å². The Balaban J connectivity index is 2.04. The van der Waals surface area contributed by atoms with Crippen LogP contribution in [0.25, 0.3) is 6.08 Å². The molecule has 2 N–H and O–H groups in total. The lowest BCUT2D eigenvalue weighted by Gasteiger charge is -1.96. The second-order valence-corrected chi connectivity index (χ2v) is 5.86. The smallest absolute Gasteiger partial charge is 0.328 e. The molecule has 1 amide bonds. The van der Waals surface area contributed by atoms with Crippen molar-refractivity contribution in [1.29, 1.82) is 0 Å². The lowest BCUT2D eigenvalue weighted by molar-refractivity contribution is -0.131. The van der Waals surface area contributed by atoms with Gasteiger partial charge in [0.05, 0.1) is 4.88 Å². The van der Waals surface area contributed by atoms with Crippen LogP contribution in [-0.4, -0.2) is 27.2 Å². The van der Waals surface area contributed by atoms with Crippen LogP contribution < -0.4 is 5.32 Å². The molecule has 0 aliphatic rings. The number of aryl methyl sites for hydroxylation is 1. The summed E-state index contributed by atoms with van der Waals surface area (Å²) in [6.07, 6.45) is 3.26. The third-order valence-corrected chi connectivity index (χ3v) is 4.26. The Bertz CT molecular complexity index is 660. The Hall–Kier alpha value is -2.06. The van der Waals surface area contributed by atoms with Crippen molar-refractivity contribution in [3.05, 3.63) is 33.0 Å². The summed E-state index contributed by atoms with van der Waals surface area (Å²) in [4.78, 5) is 23.6. The van der Waals surface area contributed by atoms with Gasteiger partial charge in [-0.15, -0.1) is 21.5 Å². The minimum Gasteiger partial charge on any atom is -0.478 e. The summed E-state index contributed by atoms with van der Waals surface area (Å²) < 4.78 is 0. The van der Waals surface area contributed by atoms with Crippen molar-refractivity contribution in [3.8, 4) is 0 Å². The fourth-order valence-corrected chi connectivity index (χ4v) is 2.80. The summed E-state index contributed by atoms with van der Waals surface area (Å²) in [7, 11) is 0. The van der Waals surface area contributed by atoms with E-state index in [1.165, 1.54) is 28.7 Å². The molecular weight excluding hydrogens is 298 g/mol. The molecule has 0 radical (unpaired) electrons. The van der Waals surface area contributed by atoms with Gasteiger partial charge in [0.25, 0.3) is 5.91 Å². The number of thiophene rings is 1. The van der Waals surface area contributed by atoms with Crippen molar-refractivity contribution >= 4 is 45.8 Å². The number of carboxylic acid groups (broad SMARTS) is 1. The normalized spacial score (nSPS) is 10.8. The number of amides is 1. The van der Waals surface area contributed by atoms with Crippen LogP contribution in [0, 0.1) is 0 Å². The van der Waals surface area contributed by atoms with E-state index in [-0.39, 0.29) is 5.91 Å². The molecule has 104 valence electrons. The third-order valence-electron chi connectivity index (χ3n) is 2.23. The first-order valence-electron chi connectivity index (χ1n) is 5.73. The molecule has 0 unspecified atom stereocenters. The van der Waals surface area contributed by atoms with Gasteiger partial charge in [-0.3, -0.25) is 10.1 Å². The van der Waals surface area contributed by atoms with Crippen molar-refractivity contribution in [1.82, 2.24) is 10.2 Å². The lowest BCUT2D eigenvalue weighted by atomic mass is 10.4. The highest BCUT2D eigenvalue weighted by Gasteiger charge is 2.11. The van der Waals surface area contributed by atoms with E-state index in [0.29, 0.717) is 14.9 Å². The zero-order valence-corrected chi connectivity index (χ0v) is 12.1. The Morgan fingerprint density at radius 1 is 1.35 bits per heavy atom. The average Bonchev–Trinajstić information content (AvgIpc) is 3.04. The van der Waals surface area contributed by atoms with E-state index in [4.69, 9.17) is 5.11 Å². The topological polar surface area (TPSA) is 92.2 Å². The largest absolute Gasteiger partial charge is 0.478 e. The van der Waals surface area contributed by atoms with Gasteiger partial charge in [0.2, 0.25) is 5.13 Å². The van der Waals surface area contributed by atoms with E-state index in [9.17, 15) is 9.59 Å². The van der Waals surface area contributed by atoms with Crippen molar-refractivity contribution in [3.63, 3.8) is 0 Å². The molecule has 8 heteroatoms. The molecule has 0 fully saturated rings. The monoisotopic (exact) mass is 309 g/mol. The van der Waals surface area contributed by atoms with Crippen LogP contribution in [0.4, 0.5) is 5.13 Å². The molecule has 0 aliphatic heterocycles. The van der Waals surface area contributed by atoms with Crippen molar-refractivity contribution in [2.45, 2.75) is 13.3 Å². The van der Waals surface area contributed by atoms with Crippen LogP contribution in [0.3, 0.4) is 0 Å². The molecule has 0 saturated heterocycles. The van der Waals surface area contributed by atoms with Gasteiger partial charge in [-0.2, -0.15) is 0 Å². The molecule has 2 aromatic rings. The Labute approximate surface area is 122 Å². The Morgan fingerprint density at radius 2 is 2.15 bits per heavy atom. The summed E-state index contributed by atoms with van der Waals surface area (Å²) in [6, 6.07) is 3.33. The first kappa shape index (κ1) is 14.4. The van der Waals surface area contributed by atoms with E-state index < -0.39 is 5.97 Å². The number of carboxylic acids is 1. The van der Waals surface area contributed by atoms with Gasteiger partial charge in [0, 0.05) is 11.0 Å². The highest BCUT2D eigenvalue weighted by molar-refractivity contribution is 7.16. The van der Waals surface area contributed by atoms with Crippen molar-refractivity contribution < 1.29 is 14.7 Å². The molecular formula is C12H11N3O3S2. The molecule has 0 spiro atoms. The number of carbonyl (C=O) groups is 2. The summed E-state index contributed by atoms with van der Waals surface area (Å²) >= 11 is 2.54. The fraction of sp³-hybridized carbons (Fsp3) is 0.167. The highest BCUT2D eigenvalue weighted by Crippen LogP contribution is 2.21. The number of aliphatic carboxylic acids is 1. The number of anilines is 1. The van der Waals surface area contributed by atoms with Crippen LogP contribution in [0.2, 0.25) is 0 Å². The van der Waals surface area contributed by atoms with Crippen LogP contribution in [0.5, 0.6) is 0 Å². The first-order valence-corrected chi connectivity index (χ1v) is 7.36. The maximum Gasteiger partial charge on any atom is 0.328 e. The second kappa shape index (κ2) is 6.40. The summed E-state index contributed by atoms with van der Waals surface area (Å²) in [6.45, 7) is 1.96. The van der Waals surface area contributed by atoms with Gasteiger partial charge >= 0.3 is 5.97 Å². The highest BCUT2D eigenvalue weighted by atomic mass is 32.1. The van der Waals surface area contributed by atoms with Gasteiger partial charge in [0.1, 0.15) is 5.01 Å². The second-order valence-electron chi connectivity index (χ2n) is 3.68. The molecule has 0 aromatic carbocycles.